The highest BCUT2D eigenvalue weighted by Gasteiger charge is 2.12. The van der Waals surface area contributed by atoms with Crippen molar-refractivity contribution in [2.75, 3.05) is 27.3 Å². The molecule has 1 fully saturated rings. The first kappa shape index (κ1) is 111. The Balaban J connectivity index is -0.000000152. The lowest BCUT2D eigenvalue weighted by atomic mass is 9.86. The first-order valence-corrected chi connectivity index (χ1v) is 42.5. The summed E-state index contributed by atoms with van der Waals surface area (Å²) in [6.45, 7) is 75.3. The molecular weight excluding hydrogens is 1180 g/mol. The van der Waals surface area contributed by atoms with E-state index in [1.807, 2.05) is 14.1 Å². The molecule has 1 saturated carbocycles. The minimum atomic E-state index is 0.383. The first-order chi connectivity index (χ1) is 45.8. The van der Waals surface area contributed by atoms with E-state index >= 15 is 0 Å². The van der Waals surface area contributed by atoms with E-state index in [0.29, 0.717) is 30.7 Å². The van der Waals surface area contributed by atoms with Gasteiger partial charge in [-0.1, -0.05) is 422 Å². The van der Waals surface area contributed by atoms with E-state index in [1.165, 1.54) is 228 Å². The maximum absolute atomic E-state index is 5.76. The summed E-state index contributed by atoms with van der Waals surface area (Å²) in [5, 5.41) is 6.30. The summed E-state index contributed by atoms with van der Waals surface area (Å²) in [6, 6.07) is 13.2. The molecule has 4 nitrogen and oxygen atoms in total. The van der Waals surface area contributed by atoms with Crippen LogP contribution >= 0.6 is 0 Å². The van der Waals surface area contributed by atoms with Crippen LogP contribution in [0.4, 0.5) is 0 Å². The maximum atomic E-state index is 5.76. The van der Waals surface area contributed by atoms with Crippen LogP contribution in [0.2, 0.25) is 0 Å². The largest absolute Gasteiger partial charge is 0.491 e. The molecule has 97 heavy (non-hydrogen) atoms. The summed E-state index contributed by atoms with van der Waals surface area (Å²) >= 11 is 0. The van der Waals surface area contributed by atoms with Gasteiger partial charge in [0.15, 0.2) is 0 Å². The van der Waals surface area contributed by atoms with Gasteiger partial charge in [0.1, 0.15) is 24.7 Å². The third kappa shape index (κ3) is 88.1. The monoisotopic (exact) mass is 1370 g/mol. The number of rotatable bonds is 35. The Labute approximate surface area is 618 Å². The summed E-state index contributed by atoms with van der Waals surface area (Å²) < 4.78 is 11.5. The van der Waals surface area contributed by atoms with E-state index in [0.717, 1.165) is 64.8 Å². The van der Waals surface area contributed by atoms with E-state index in [1.54, 1.807) is 0 Å². The second-order valence-corrected chi connectivity index (χ2v) is 32.0. The fourth-order valence-electron chi connectivity index (χ4n) is 10.6. The molecule has 2 aromatic rings. The Bertz CT molecular complexity index is 1620. The van der Waals surface area contributed by atoms with Crippen molar-refractivity contribution in [1.29, 1.82) is 0 Å². The molecule has 0 amide bonds. The number of likely N-dealkylation sites (N-methyl/N-ethyl adjacent to an activating group) is 2. The number of nitrogens with one attached hydrogen (secondary N) is 2. The molecule has 0 aromatic heterocycles. The molecule has 4 heteroatoms. The van der Waals surface area contributed by atoms with Crippen LogP contribution in [0.15, 0.2) is 36.4 Å². The summed E-state index contributed by atoms with van der Waals surface area (Å²) in [4.78, 5) is 0. The van der Waals surface area contributed by atoms with Crippen LogP contribution in [0.5, 0.6) is 11.5 Å². The zero-order valence-corrected chi connectivity index (χ0v) is 74.2. The molecule has 0 radical (unpaired) electrons. The van der Waals surface area contributed by atoms with E-state index in [2.05, 4.69) is 276 Å². The molecule has 0 saturated heterocycles. The zero-order valence-electron chi connectivity index (χ0n) is 74.2. The van der Waals surface area contributed by atoms with Gasteiger partial charge < -0.3 is 20.1 Å². The summed E-state index contributed by atoms with van der Waals surface area (Å²) in [6.07, 6.45) is 44.8. The molecule has 2 aromatic carbocycles. The molecule has 0 bridgehead atoms. The Kier molecular flexibility index (Phi) is 94.8. The van der Waals surface area contributed by atoms with Gasteiger partial charge in [-0.05, 0) is 143 Å². The van der Waals surface area contributed by atoms with E-state index in [9.17, 15) is 0 Å². The Morgan fingerprint density at radius 3 is 0.969 bits per heavy atom. The minimum absolute atomic E-state index is 0.383. The van der Waals surface area contributed by atoms with Crippen molar-refractivity contribution in [3.63, 3.8) is 0 Å². The van der Waals surface area contributed by atoms with E-state index in [-0.39, 0.29) is 0 Å². The van der Waals surface area contributed by atoms with E-state index < -0.39 is 0 Å². The van der Waals surface area contributed by atoms with Crippen molar-refractivity contribution >= 4 is 0 Å². The summed E-state index contributed by atoms with van der Waals surface area (Å²) in [5.74, 6) is 10.6. The Morgan fingerprint density at radius 2 is 0.742 bits per heavy atom. The van der Waals surface area contributed by atoms with Crippen LogP contribution in [0, 0.1) is 86.4 Å². The van der Waals surface area contributed by atoms with Gasteiger partial charge in [0.2, 0.25) is 0 Å². The van der Waals surface area contributed by atoms with Crippen LogP contribution in [0.3, 0.4) is 0 Å². The average molecular weight is 1370 g/mol. The number of benzene rings is 2. The lowest BCUT2D eigenvalue weighted by Crippen LogP contribution is -2.28. The first-order valence-electron chi connectivity index (χ1n) is 42.5. The van der Waals surface area contributed by atoms with Gasteiger partial charge in [-0.3, -0.25) is 0 Å². The molecule has 0 aliphatic heterocycles. The van der Waals surface area contributed by atoms with Crippen molar-refractivity contribution in [3.8, 4) is 11.5 Å². The molecule has 0 spiro atoms. The number of aryl methyl sites for hydroxylation is 4. The Morgan fingerprint density at radius 1 is 0.392 bits per heavy atom. The molecule has 1 aliphatic rings. The second-order valence-electron chi connectivity index (χ2n) is 32.0. The van der Waals surface area contributed by atoms with Crippen molar-refractivity contribution in [2.24, 2.45) is 58.7 Å². The third-order valence-electron chi connectivity index (χ3n) is 19.4. The highest BCUT2D eigenvalue weighted by atomic mass is 16.5. The normalized spacial score (nSPS) is 13.2. The van der Waals surface area contributed by atoms with Gasteiger partial charge in [-0.2, -0.15) is 0 Å². The lowest BCUT2D eigenvalue weighted by Gasteiger charge is -2.20. The fourth-order valence-corrected chi connectivity index (χ4v) is 10.6. The number of unbranched alkanes of at least 4 members (excludes halogenated alkanes) is 4. The molecule has 3 rings (SSSR count). The SMILES string of the molecule is CCC(C)C(C)C.CCCC(C)C.CCCC(C)CC.CCCC(CC)CC.CCCC1CCCCC1.CCCCC(C)(C)C.CCCCC(C)C.CCCCC(C)CC.CCCCC(CC)CC.CN[C@@H](C)COc1c(C)cccc1C.CN[C@H](C)COc1c(C)cccc1C. The predicted octanol–water partition coefficient (Wildman–Crippen LogP) is 32.0. The molecule has 0 heterocycles. The molecular formula is C93H192N2O2. The number of ether oxygens (including phenoxy) is 2. The van der Waals surface area contributed by atoms with Crippen LogP contribution in [-0.2, 0) is 0 Å². The standard InChI is InChI=1S/2C12H19NO.C9H18.C9H20.3C8H18.3C7H16.C6H14/c2*1-9-6-5-7-10(2)12(9)14-8-11(3)13-4;1-2-6-9-7-4-3-5-8-9;1-4-7-8-9(5-2)6-3;1-5-6-7-8(2,3)4;1-4-6-7-8(3)5-2;1-4-7-8(5-2)6-3;1-5-7(4)6(2)3;1-4-5-6-7(2)3;1-4-6-7(3)5-2;1-4-5-6(2)3/h2*5-7,11,13H,8H2,1-4H3;9H,2-8H2,1H3;9H,4-8H2,1-3H3;5-7H2,1-4H3;2*8H,4-7H2,1-3H3;6-7H,5H2,1-4H3;2*7H,4-6H2,1-3H3;6H,4-5H2,1-3H3/t2*11-;;;;;;;;;/m10........./s1. The van der Waals surface area contributed by atoms with Gasteiger partial charge in [-0.25, -0.2) is 0 Å². The van der Waals surface area contributed by atoms with Crippen molar-refractivity contribution in [2.45, 2.75) is 446 Å². The molecule has 586 valence electrons. The van der Waals surface area contributed by atoms with Crippen LogP contribution in [0.1, 0.15) is 429 Å². The quantitative estimate of drug-likeness (QED) is 0.0722. The van der Waals surface area contributed by atoms with Crippen molar-refractivity contribution in [1.82, 2.24) is 10.6 Å². The highest BCUT2D eigenvalue weighted by molar-refractivity contribution is 5.40. The highest BCUT2D eigenvalue weighted by Crippen LogP contribution is 2.28. The molecule has 5 atom stereocenters. The maximum Gasteiger partial charge on any atom is 0.125 e. The fraction of sp³-hybridized carbons (Fsp3) is 0.871. The lowest BCUT2D eigenvalue weighted by molar-refractivity contribution is 0.276. The molecule has 1 aliphatic carbocycles. The Hall–Kier alpha value is -2.04. The van der Waals surface area contributed by atoms with Gasteiger partial charge >= 0.3 is 0 Å². The van der Waals surface area contributed by atoms with Gasteiger partial charge in [0, 0.05) is 12.1 Å². The minimum Gasteiger partial charge on any atom is -0.491 e. The number of hydrogen-bond donors (Lipinski definition) is 2. The van der Waals surface area contributed by atoms with Crippen molar-refractivity contribution < 1.29 is 9.47 Å². The topological polar surface area (TPSA) is 42.5 Å². The molecule has 2 N–H and O–H groups in total. The van der Waals surface area contributed by atoms with Crippen molar-refractivity contribution in [3.05, 3.63) is 58.7 Å². The average Bonchev–Trinajstić information content (AvgIpc) is 1.05. The summed E-state index contributed by atoms with van der Waals surface area (Å²) in [7, 11) is 3.89. The number of para-hydroxylation sites is 2. The van der Waals surface area contributed by atoms with Crippen LogP contribution in [0.25, 0.3) is 0 Å². The summed E-state index contributed by atoms with van der Waals surface area (Å²) in [5.41, 5.74) is 5.36. The smallest absolute Gasteiger partial charge is 0.125 e. The van der Waals surface area contributed by atoms with Crippen LogP contribution < -0.4 is 20.1 Å². The van der Waals surface area contributed by atoms with Gasteiger partial charge in [-0.15, -0.1) is 0 Å². The van der Waals surface area contributed by atoms with Gasteiger partial charge in [0.05, 0.1) is 0 Å². The third-order valence-corrected chi connectivity index (χ3v) is 19.4. The second kappa shape index (κ2) is 82.9. The molecule has 3 unspecified atom stereocenters. The van der Waals surface area contributed by atoms with E-state index in [4.69, 9.17) is 9.47 Å². The zero-order chi connectivity index (χ0) is 76.4. The predicted molar refractivity (Wildman–Crippen MR) is 455 cm³/mol. The van der Waals surface area contributed by atoms with Gasteiger partial charge in [0.25, 0.3) is 0 Å². The number of hydrogen-bond acceptors (Lipinski definition) is 4. The van der Waals surface area contributed by atoms with Crippen LogP contribution in [-0.4, -0.2) is 39.4 Å².